The standard InChI is InChI=1S/C20H14F2N4OS/c21-14-6-7-16(15(22)10-14)24-19(27)12-28-20-18-11-17(13-4-2-1-3-5-13)25-26(18)9-8-23-20/h1-11H,12H2,(H,24,27). The van der Waals surface area contributed by atoms with Gasteiger partial charge in [0.25, 0.3) is 0 Å². The van der Waals surface area contributed by atoms with Gasteiger partial charge in [0.1, 0.15) is 16.7 Å². The average molecular weight is 396 g/mol. The molecule has 1 N–H and O–H groups in total. The highest BCUT2D eigenvalue weighted by Gasteiger charge is 2.13. The second kappa shape index (κ2) is 7.77. The Bertz CT molecular complexity index is 1150. The first-order valence-electron chi connectivity index (χ1n) is 8.38. The number of halogens is 2. The van der Waals surface area contributed by atoms with Crippen molar-refractivity contribution in [3.8, 4) is 11.3 Å². The lowest BCUT2D eigenvalue weighted by Gasteiger charge is -2.06. The molecule has 4 aromatic rings. The van der Waals surface area contributed by atoms with E-state index < -0.39 is 17.5 Å². The molecule has 0 unspecified atom stereocenters. The molecule has 0 radical (unpaired) electrons. The number of anilines is 1. The predicted molar refractivity (Wildman–Crippen MR) is 104 cm³/mol. The van der Waals surface area contributed by atoms with Crippen LogP contribution in [0.5, 0.6) is 0 Å². The number of hydrogen-bond acceptors (Lipinski definition) is 4. The first-order chi connectivity index (χ1) is 13.6. The number of rotatable bonds is 5. The SMILES string of the molecule is O=C(CSc1nccn2nc(-c3ccccc3)cc12)Nc1ccc(F)cc1F. The molecule has 0 saturated carbocycles. The quantitative estimate of drug-likeness (QED) is 0.508. The van der Waals surface area contributed by atoms with Crippen LogP contribution in [-0.4, -0.2) is 26.3 Å². The van der Waals surface area contributed by atoms with Gasteiger partial charge in [0.05, 0.1) is 22.7 Å². The Morgan fingerprint density at radius 2 is 1.93 bits per heavy atom. The Morgan fingerprint density at radius 1 is 1.11 bits per heavy atom. The minimum atomic E-state index is -0.818. The molecule has 5 nitrogen and oxygen atoms in total. The maximum absolute atomic E-state index is 13.7. The third kappa shape index (κ3) is 3.86. The van der Waals surface area contributed by atoms with Crippen molar-refractivity contribution < 1.29 is 13.6 Å². The maximum atomic E-state index is 13.7. The van der Waals surface area contributed by atoms with E-state index in [0.29, 0.717) is 5.03 Å². The van der Waals surface area contributed by atoms with Crippen molar-refractivity contribution in [1.82, 2.24) is 14.6 Å². The van der Waals surface area contributed by atoms with Crippen LogP contribution in [0, 0.1) is 11.6 Å². The van der Waals surface area contributed by atoms with E-state index in [4.69, 9.17) is 0 Å². The Hall–Kier alpha value is -3.26. The molecule has 0 atom stereocenters. The van der Waals surface area contributed by atoms with Crippen LogP contribution < -0.4 is 5.32 Å². The number of amides is 1. The molecule has 2 aromatic carbocycles. The van der Waals surface area contributed by atoms with E-state index in [1.54, 1.807) is 16.9 Å². The molecule has 2 heterocycles. The molecule has 28 heavy (non-hydrogen) atoms. The number of fused-ring (bicyclic) bond motifs is 1. The van der Waals surface area contributed by atoms with Gasteiger partial charge >= 0.3 is 0 Å². The van der Waals surface area contributed by atoms with Gasteiger partial charge < -0.3 is 5.32 Å². The number of thioether (sulfide) groups is 1. The summed E-state index contributed by atoms with van der Waals surface area (Å²) < 4.78 is 28.3. The molecule has 0 fully saturated rings. The van der Waals surface area contributed by atoms with Crippen LogP contribution in [0.15, 0.2) is 72.0 Å². The topological polar surface area (TPSA) is 59.3 Å². The summed E-state index contributed by atoms with van der Waals surface area (Å²) in [5, 5.41) is 7.60. The van der Waals surface area contributed by atoms with Gasteiger partial charge in [-0.2, -0.15) is 5.10 Å². The van der Waals surface area contributed by atoms with Crippen LogP contribution in [0.2, 0.25) is 0 Å². The third-order valence-electron chi connectivity index (χ3n) is 3.97. The lowest BCUT2D eigenvalue weighted by molar-refractivity contribution is -0.113. The number of nitrogens with one attached hydrogen (secondary N) is 1. The van der Waals surface area contributed by atoms with Crippen LogP contribution >= 0.6 is 11.8 Å². The molecule has 0 aliphatic rings. The van der Waals surface area contributed by atoms with E-state index in [2.05, 4.69) is 15.4 Å². The minimum Gasteiger partial charge on any atom is -0.323 e. The zero-order valence-corrected chi connectivity index (χ0v) is 15.3. The molecule has 4 rings (SSSR count). The van der Waals surface area contributed by atoms with Crippen molar-refractivity contribution >= 4 is 28.9 Å². The number of benzene rings is 2. The summed E-state index contributed by atoms with van der Waals surface area (Å²) in [5.74, 6) is -1.91. The molecule has 0 saturated heterocycles. The molecule has 0 aliphatic carbocycles. The predicted octanol–water partition coefficient (Wildman–Crippen LogP) is 4.41. The van der Waals surface area contributed by atoms with Gasteiger partial charge in [0, 0.05) is 24.0 Å². The van der Waals surface area contributed by atoms with Gasteiger partial charge in [-0.15, -0.1) is 0 Å². The van der Waals surface area contributed by atoms with Gasteiger partial charge in [-0.1, -0.05) is 42.1 Å². The van der Waals surface area contributed by atoms with Crippen LogP contribution in [0.3, 0.4) is 0 Å². The summed E-state index contributed by atoms with van der Waals surface area (Å²) in [7, 11) is 0. The molecular formula is C20H14F2N4OS. The fourth-order valence-corrected chi connectivity index (χ4v) is 3.45. The number of aromatic nitrogens is 3. The highest BCUT2D eigenvalue weighted by Crippen LogP contribution is 2.26. The second-order valence-corrected chi connectivity index (χ2v) is 6.88. The van der Waals surface area contributed by atoms with Crippen LogP contribution in [0.1, 0.15) is 0 Å². The molecule has 140 valence electrons. The van der Waals surface area contributed by atoms with E-state index >= 15 is 0 Å². The van der Waals surface area contributed by atoms with Gasteiger partial charge in [-0.25, -0.2) is 18.3 Å². The highest BCUT2D eigenvalue weighted by atomic mass is 32.2. The molecule has 0 spiro atoms. The normalized spacial score (nSPS) is 10.9. The van der Waals surface area contributed by atoms with Gasteiger partial charge in [-0.05, 0) is 18.2 Å². The molecule has 0 aliphatic heterocycles. The number of carbonyl (C=O) groups is 1. The van der Waals surface area contributed by atoms with Crippen LogP contribution in [-0.2, 0) is 4.79 Å². The smallest absolute Gasteiger partial charge is 0.234 e. The van der Waals surface area contributed by atoms with Crippen LogP contribution in [0.25, 0.3) is 16.8 Å². The van der Waals surface area contributed by atoms with E-state index in [0.717, 1.165) is 28.9 Å². The zero-order chi connectivity index (χ0) is 19.5. The summed E-state index contributed by atoms with van der Waals surface area (Å²) in [6, 6.07) is 14.6. The Kier molecular flexibility index (Phi) is 5.03. The molecule has 2 aromatic heterocycles. The van der Waals surface area contributed by atoms with Gasteiger partial charge in [-0.3, -0.25) is 4.79 Å². The van der Waals surface area contributed by atoms with E-state index in [1.165, 1.54) is 17.8 Å². The van der Waals surface area contributed by atoms with Crippen molar-refractivity contribution in [2.24, 2.45) is 0 Å². The van der Waals surface area contributed by atoms with Crippen LogP contribution in [0.4, 0.5) is 14.5 Å². The average Bonchev–Trinajstić information content (AvgIpc) is 3.14. The maximum Gasteiger partial charge on any atom is 0.234 e. The summed E-state index contributed by atoms with van der Waals surface area (Å²) in [6.45, 7) is 0. The van der Waals surface area contributed by atoms with Gasteiger partial charge in [0.15, 0.2) is 0 Å². The summed E-state index contributed by atoms with van der Waals surface area (Å²) in [4.78, 5) is 16.5. The lowest BCUT2D eigenvalue weighted by atomic mass is 10.1. The van der Waals surface area contributed by atoms with Crippen molar-refractivity contribution in [2.75, 3.05) is 11.1 Å². The highest BCUT2D eigenvalue weighted by molar-refractivity contribution is 8.00. The van der Waals surface area contributed by atoms with Gasteiger partial charge in [0.2, 0.25) is 5.91 Å². The van der Waals surface area contributed by atoms with Crippen molar-refractivity contribution in [3.05, 3.63) is 78.6 Å². The lowest BCUT2D eigenvalue weighted by Crippen LogP contribution is -2.15. The Labute approximate surface area is 163 Å². The Balaban J connectivity index is 1.50. The summed E-state index contributed by atoms with van der Waals surface area (Å²) >= 11 is 1.21. The Morgan fingerprint density at radius 3 is 2.71 bits per heavy atom. The zero-order valence-electron chi connectivity index (χ0n) is 14.5. The summed E-state index contributed by atoms with van der Waals surface area (Å²) in [6.07, 6.45) is 3.34. The first-order valence-corrected chi connectivity index (χ1v) is 9.36. The van der Waals surface area contributed by atoms with Crippen molar-refractivity contribution in [1.29, 1.82) is 0 Å². The van der Waals surface area contributed by atoms with E-state index in [-0.39, 0.29) is 11.4 Å². The molecule has 1 amide bonds. The largest absolute Gasteiger partial charge is 0.323 e. The van der Waals surface area contributed by atoms with E-state index in [1.807, 2.05) is 36.4 Å². The number of nitrogens with zero attached hydrogens (tertiary/aromatic N) is 3. The van der Waals surface area contributed by atoms with E-state index in [9.17, 15) is 13.6 Å². The van der Waals surface area contributed by atoms with Crippen molar-refractivity contribution in [2.45, 2.75) is 5.03 Å². The van der Waals surface area contributed by atoms with Crippen molar-refractivity contribution in [3.63, 3.8) is 0 Å². The molecular weight excluding hydrogens is 382 g/mol. The third-order valence-corrected chi connectivity index (χ3v) is 4.96. The monoisotopic (exact) mass is 396 g/mol. The summed E-state index contributed by atoms with van der Waals surface area (Å²) in [5.41, 5.74) is 2.49. The number of carbonyl (C=O) groups excluding carboxylic acids is 1. The fraction of sp³-hybridized carbons (Fsp3) is 0.0500. The fourth-order valence-electron chi connectivity index (χ4n) is 2.67. The second-order valence-electron chi connectivity index (χ2n) is 5.92. The molecule has 0 bridgehead atoms. The number of hydrogen-bond donors (Lipinski definition) is 1. The minimum absolute atomic E-state index is 0.0232. The molecule has 8 heteroatoms. The first kappa shape index (κ1) is 18.1.